The maximum atomic E-state index is 12.3. The molecule has 8 heteroatoms. The van der Waals surface area contributed by atoms with Crippen LogP contribution in [0.5, 0.6) is 5.75 Å². The van der Waals surface area contributed by atoms with Crippen molar-refractivity contribution in [1.29, 1.82) is 0 Å². The Morgan fingerprint density at radius 3 is 2.72 bits per heavy atom. The largest absolute Gasteiger partial charge is 0.496 e. The zero-order chi connectivity index (χ0) is 20.8. The van der Waals surface area contributed by atoms with Crippen LogP contribution in [-0.4, -0.2) is 38.0 Å². The molecule has 152 valence electrons. The predicted molar refractivity (Wildman–Crippen MR) is 108 cm³/mol. The summed E-state index contributed by atoms with van der Waals surface area (Å²) >= 11 is 6.18. The van der Waals surface area contributed by atoms with Crippen molar-refractivity contribution in [2.75, 3.05) is 25.2 Å². The van der Waals surface area contributed by atoms with Crippen molar-refractivity contribution in [1.82, 2.24) is 5.32 Å². The van der Waals surface area contributed by atoms with Gasteiger partial charge in [0.25, 0.3) is 5.91 Å². The van der Waals surface area contributed by atoms with Gasteiger partial charge >= 0.3 is 5.97 Å². The first-order chi connectivity index (χ1) is 14.0. The summed E-state index contributed by atoms with van der Waals surface area (Å²) in [5.41, 5.74) is 1.51. The van der Waals surface area contributed by atoms with Crippen LogP contribution in [0.15, 0.2) is 42.5 Å². The van der Waals surface area contributed by atoms with Crippen LogP contribution in [0.1, 0.15) is 28.8 Å². The standard InChI is InChI=1S/C21H21ClN2O5/c1-28-18-6-3-2-5-15(18)12-23-19(25)13-29-21(27)14-8-9-16(22)17(11-14)24-10-4-7-20(24)26/h2-3,5-6,8-9,11H,4,7,10,12-13H2,1H3,(H,23,25). The third-order valence-electron chi connectivity index (χ3n) is 4.55. The fourth-order valence-corrected chi connectivity index (χ4v) is 3.28. The highest BCUT2D eigenvalue weighted by Gasteiger charge is 2.24. The van der Waals surface area contributed by atoms with Gasteiger partial charge in [-0.05, 0) is 30.7 Å². The minimum absolute atomic E-state index is 0.0341. The summed E-state index contributed by atoms with van der Waals surface area (Å²) in [6.45, 7) is 0.388. The van der Waals surface area contributed by atoms with Crippen molar-refractivity contribution in [3.8, 4) is 5.75 Å². The number of amides is 2. The van der Waals surface area contributed by atoms with Gasteiger partial charge in [-0.2, -0.15) is 0 Å². The Bertz CT molecular complexity index is 931. The molecule has 3 rings (SSSR count). The average molecular weight is 417 g/mol. The van der Waals surface area contributed by atoms with Crippen LogP contribution >= 0.6 is 11.6 Å². The van der Waals surface area contributed by atoms with Crippen molar-refractivity contribution < 1.29 is 23.9 Å². The van der Waals surface area contributed by atoms with E-state index in [2.05, 4.69) is 5.32 Å². The lowest BCUT2D eigenvalue weighted by atomic mass is 10.2. The number of rotatable bonds is 7. The number of methoxy groups -OCH3 is 1. The van der Waals surface area contributed by atoms with Gasteiger partial charge in [-0.1, -0.05) is 29.8 Å². The van der Waals surface area contributed by atoms with Crippen molar-refractivity contribution in [3.05, 3.63) is 58.6 Å². The first kappa shape index (κ1) is 20.7. The maximum absolute atomic E-state index is 12.3. The molecule has 1 saturated heterocycles. The van der Waals surface area contributed by atoms with Gasteiger partial charge in [-0.15, -0.1) is 0 Å². The van der Waals surface area contributed by atoms with E-state index in [-0.39, 0.29) is 18.0 Å². The van der Waals surface area contributed by atoms with Gasteiger partial charge in [0.15, 0.2) is 6.61 Å². The first-order valence-electron chi connectivity index (χ1n) is 9.15. The zero-order valence-electron chi connectivity index (χ0n) is 15.9. The Hall–Kier alpha value is -3.06. The lowest BCUT2D eigenvalue weighted by molar-refractivity contribution is -0.124. The molecule has 0 aromatic heterocycles. The van der Waals surface area contributed by atoms with Gasteiger partial charge in [-0.3, -0.25) is 9.59 Å². The number of hydrogen-bond donors (Lipinski definition) is 1. The molecule has 1 aliphatic rings. The molecule has 0 saturated carbocycles. The average Bonchev–Trinajstić information content (AvgIpc) is 3.16. The number of nitrogens with one attached hydrogen (secondary N) is 1. The topological polar surface area (TPSA) is 84.9 Å². The van der Waals surface area contributed by atoms with Gasteiger partial charge < -0.3 is 19.7 Å². The number of para-hydroxylation sites is 1. The summed E-state index contributed by atoms with van der Waals surface area (Å²) < 4.78 is 10.3. The Morgan fingerprint density at radius 1 is 1.21 bits per heavy atom. The number of ether oxygens (including phenoxy) is 2. The van der Waals surface area contributed by atoms with E-state index in [0.717, 1.165) is 12.0 Å². The van der Waals surface area contributed by atoms with Gasteiger partial charge in [-0.25, -0.2) is 4.79 Å². The Balaban J connectivity index is 1.56. The molecule has 1 heterocycles. The van der Waals surface area contributed by atoms with E-state index in [1.165, 1.54) is 12.1 Å². The number of nitrogens with zero attached hydrogens (tertiary/aromatic N) is 1. The monoisotopic (exact) mass is 416 g/mol. The first-order valence-corrected chi connectivity index (χ1v) is 9.53. The number of anilines is 1. The van der Waals surface area contributed by atoms with Crippen LogP contribution in [0.3, 0.4) is 0 Å². The summed E-state index contributed by atoms with van der Waals surface area (Å²) in [6.07, 6.45) is 1.20. The van der Waals surface area contributed by atoms with E-state index in [0.29, 0.717) is 29.4 Å². The summed E-state index contributed by atoms with van der Waals surface area (Å²) in [5.74, 6) is -0.474. The second kappa shape index (κ2) is 9.43. The normalized spacial score (nSPS) is 13.3. The highest BCUT2D eigenvalue weighted by molar-refractivity contribution is 6.34. The molecule has 7 nitrogen and oxygen atoms in total. The zero-order valence-corrected chi connectivity index (χ0v) is 16.7. The van der Waals surface area contributed by atoms with E-state index >= 15 is 0 Å². The summed E-state index contributed by atoms with van der Waals surface area (Å²) in [7, 11) is 1.55. The quantitative estimate of drug-likeness (QED) is 0.701. The third kappa shape index (κ3) is 5.06. The van der Waals surface area contributed by atoms with Crippen LogP contribution in [0.25, 0.3) is 0 Å². The van der Waals surface area contributed by atoms with E-state index in [1.807, 2.05) is 18.2 Å². The van der Waals surface area contributed by atoms with Crippen LogP contribution in [-0.2, 0) is 20.9 Å². The number of hydrogen-bond acceptors (Lipinski definition) is 5. The molecule has 1 fully saturated rings. The maximum Gasteiger partial charge on any atom is 0.338 e. The highest BCUT2D eigenvalue weighted by Crippen LogP contribution is 2.30. The number of carbonyl (C=O) groups excluding carboxylic acids is 3. The Morgan fingerprint density at radius 2 is 2.00 bits per heavy atom. The molecule has 2 aromatic rings. The summed E-state index contributed by atoms with van der Waals surface area (Å²) in [6, 6.07) is 11.9. The second-order valence-electron chi connectivity index (χ2n) is 6.48. The van der Waals surface area contributed by atoms with E-state index in [9.17, 15) is 14.4 Å². The highest BCUT2D eigenvalue weighted by atomic mass is 35.5. The molecule has 29 heavy (non-hydrogen) atoms. The molecule has 0 aliphatic carbocycles. The van der Waals surface area contributed by atoms with Gasteiger partial charge in [0.2, 0.25) is 5.91 Å². The predicted octanol–water partition coefficient (Wildman–Crippen LogP) is 2.95. The molecular formula is C21H21ClN2O5. The fourth-order valence-electron chi connectivity index (χ4n) is 3.06. The van der Waals surface area contributed by atoms with E-state index in [1.54, 1.807) is 24.1 Å². The molecule has 0 spiro atoms. The Kier molecular flexibility index (Phi) is 6.72. The fraction of sp³-hybridized carbons (Fsp3) is 0.286. The van der Waals surface area contributed by atoms with Crippen molar-refractivity contribution >= 4 is 35.1 Å². The number of carbonyl (C=O) groups is 3. The van der Waals surface area contributed by atoms with Crippen LogP contribution in [0.2, 0.25) is 5.02 Å². The van der Waals surface area contributed by atoms with Gasteiger partial charge in [0.1, 0.15) is 5.75 Å². The SMILES string of the molecule is COc1ccccc1CNC(=O)COC(=O)c1ccc(Cl)c(N2CCCC2=O)c1. The Labute approximate surface area is 173 Å². The van der Waals surface area contributed by atoms with Crippen molar-refractivity contribution in [2.45, 2.75) is 19.4 Å². The van der Waals surface area contributed by atoms with Crippen molar-refractivity contribution in [2.24, 2.45) is 0 Å². The summed E-state index contributed by atoms with van der Waals surface area (Å²) in [5, 5.41) is 3.06. The third-order valence-corrected chi connectivity index (χ3v) is 4.87. The van der Waals surface area contributed by atoms with Crippen LogP contribution < -0.4 is 15.0 Å². The molecular weight excluding hydrogens is 396 g/mol. The number of halogens is 1. The molecule has 1 aliphatic heterocycles. The van der Waals surface area contributed by atoms with Gasteiger partial charge in [0, 0.05) is 25.1 Å². The van der Waals surface area contributed by atoms with Crippen molar-refractivity contribution in [3.63, 3.8) is 0 Å². The number of esters is 1. The summed E-state index contributed by atoms with van der Waals surface area (Å²) in [4.78, 5) is 37.8. The molecule has 0 radical (unpaired) electrons. The van der Waals surface area contributed by atoms with Crippen LogP contribution in [0, 0.1) is 0 Å². The van der Waals surface area contributed by atoms with Crippen LogP contribution in [0.4, 0.5) is 5.69 Å². The molecule has 0 atom stereocenters. The smallest absolute Gasteiger partial charge is 0.338 e. The lowest BCUT2D eigenvalue weighted by Crippen LogP contribution is -2.28. The van der Waals surface area contributed by atoms with E-state index in [4.69, 9.17) is 21.1 Å². The number of benzene rings is 2. The minimum Gasteiger partial charge on any atom is -0.496 e. The molecule has 2 aromatic carbocycles. The minimum atomic E-state index is -0.665. The van der Waals surface area contributed by atoms with E-state index < -0.39 is 18.5 Å². The van der Waals surface area contributed by atoms with Gasteiger partial charge in [0.05, 0.1) is 23.4 Å². The molecule has 0 bridgehead atoms. The molecule has 2 amide bonds. The molecule has 1 N–H and O–H groups in total. The molecule has 0 unspecified atom stereocenters. The second-order valence-corrected chi connectivity index (χ2v) is 6.89. The lowest BCUT2D eigenvalue weighted by Gasteiger charge is -2.18.